The highest BCUT2D eigenvalue weighted by Gasteiger charge is 2.26. The number of nitrogens with one attached hydrogen (secondary N) is 2. The van der Waals surface area contributed by atoms with Gasteiger partial charge in [-0.05, 0) is 97.8 Å². The Kier molecular flexibility index (Phi) is 7.94. The van der Waals surface area contributed by atoms with Gasteiger partial charge in [-0.15, -0.1) is 0 Å². The first-order chi connectivity index (χ1) is 29.0. The standard InChI is InChI=1S/C52H39N7/c1-34-16-3-8-23-43(34)54-51(53)58(37-18-15-17-36(32-37)56-45-25-10-4-19-39(45)40-20-5-11-26-46(40)56)52-55-44-24-9-14-29-49(44)59(52)50-33-38(31-30-35(50)2)57-47-27-12-6-21-41(47)42-22-7-13-28-48(42)57/h3-33H,1-2H3,(H2,53,54). The maximum absolute atomic E-state index is 9.94. The lowest BCUT2D eigenvalue weighted by Gasteiger charge is -2.27. The molecule has 0 atom stereocenters. The van der Waals surface area contributed by atoms with Crippen molar-refractivity contribution in [2.24, 2.45) is 0 Å². The monoisotopic (exact) mass is 761 g/mol. The molecule has 7 heteroatoms. The molecule has 3 heterocycles. The molecular formula is C52H39N7. The summed E-state index contributed by atoms with van der Waals surface area (Å²) >= 11 is 0. The SMILES string of the molecule is Cc1ccccc1NC(=N)N(c1cccc(-n2c3ccccc3c3ccccc32)c1)c1nc2ccccc2n1-c1cc(-n2c3ccccc3c3ccccc32)ccc1C. The summed E-state index contributed by atoms with van der Waals surface area (Å²) in [5.74, 6) is 0.769. The van der Waals surface area contributed by atoms with Gasteiger partial charge in [0, 0.05) is 38.6 Å². The van der Waals surface area contributed by atoms with Gasteiger partial charge >= 0.3 is 0 Å². The van der Waals surface area contributed by atoms with Crippen LogP contribution in [0.5, 0.6) is 0 Å². The average molecular weight is 762 g/mol. The number of nitrogens with zero attached hydrogens (tertiary/aromatic N) is 5. The van der Waals surface area contributed by atoms with Crippen molar-refractivity contribution in [3.63, 3.8) is 0 Å². The highest BCUT2D eigenvalue weighted by molar-refractivity contribution is 6.11. The van der Waals surface area contributed by atoms with Crippen molar-refractivity contribution in [1.82, 2.24) is 18.7 Å². The van der Waals surface area contributed by atoms with Gasteiger partial charge in [0.05, 0.1) is 44.5 Å². The average Bonchev–Trinajstić information content (AvgIpc) is 3.93. The quantitative estimate of drug-likeness (QED) is 0.131. The van der Waals surface area contributed by atoms with Crippen molar-refractivity contribution in [3.8, 4) is 17.1 Å². The molecule has 0 radical (unpaired) electrons. The van der Waals surface area contributed by atoms with E-state index in [1.165, 1.54) is 21.5 Å². The zero-order chi connectivity index (χ0) is 39.6. The Bertz CT molecular complexity index is 3330. The molecule has 0 saturated carbocycles. The number of hydrogen-bond acceptors (Lipinski definition) is 2. The fourth-order valence-corrected chi connectivity index (χ4v) is 8.79. The van der Waals surface area contributed by atoms with Crippen LogP contribution in [0.2, 0.25) is 0 Å². The minimum atomic E-state index is 0.173. The molecule has 7 nitrogen and oxygen atoms in total. The van der Waals surface area contributed by atoms with Gasteiger partial charge in [-0.25, -0.2) is 9.88 Å². The lowest BCUT2D eigenvalue weighted by Crippen LogP contribution is -2.34. The molecule has 0 saturated heterocycles. The lowest BCUT2D eigenvalue weighted by molar-refractivity contribution is 1.02. The summed E-state index contributed by atoms with van der Waals surface area (Å²) < 4.78 is 6.87. The summed E-state index contributed by atoms with van der Waals surface area (Å²) in [6.45, 7) is 4.20. The summed E-state index contributed by atoms with van der Waals surface area (Å²) in [6.07, 6.45) is 0. The van der Waals surface area contributed by atoms with E-state index < -0.39 is 0 Å². The summed E-state index contributed by atoms with van der Waals surface area (Å²) in [5.41, 5.74) is 13.1. The van der Waals surface area contributed by atoms with Crippen molar-refractivity contribution in [2.45, 2.75) is 13.8 Å². The van der Waals surface area contributed by atoms with Crippen molar-refractivity contribution < 1.29 is 0 Å². The highest BCUT2D eigenvalue weighted by Crippen LogP contribution is 2.39. The molecule has 0 aliphatic heterocycles. The summed E-state index contributed by atoms with van der Waals surface area (Å²) in [6, 6.07) is 65.7. The number of anilines is 3. The first-order valence-electron chi connectivity index (χ1n) is 19.9. The number of guanidine groups is 1. The number of para-hydroxylation sites is 7. The summed E-state index contributed by atoms with van der Waals surface area (Å²) in [7, 11) is 0. The fraction of sp³-hybridized carbons (Fsp3) is 0.0385. The third kappa shape index (κ3) is 5.51. The number of aryl methyl sites for hydroxylation is 2. The molecule has 0 fully saturated rings. The van der Waals surface area contributed by atoms with E-state index in [0.717, 1.165) is 72.7 Å². The first-order valence-corrected chi connectivity index (χ1v) is 19.9. The number of hydrogen-bond donors (Lipinski definition) is 2. The zero-order valence-electron chi connectivity index (χ0n) is 32.6. The van der Waals surface area contributed by atoms with E-state index in [9.17, 15) is 5.41 Å². The number of benzene rings is 8. The molecule has 0 bridgehead atoms. The number of imidazole rings is 1. The fourth-order valence-electron chi connectivity index (χ4n) is 8.79. The van der Waals surface area contributed by atoms with Gasteiger partial charge in [0.2, 0.25) is 11.9 Å². The van der Waals surface area contributed by atoms with E-state index in [-0.39, 0.29) is 5.96 Å². The van der Waals surface area contributed by atoms with E-state index in [1.807, 2.05) is 35.2 Å². The van der Waals surface area contributed by atoms with Crippen LogP contribution in [0.1, 0.15) is 11.1 Å². The van der Waals surface area contributed by atoms with E-state index in [1.54, 1.807) is 0 Å². The molecule has 0 spiro atoms. The van der Waals surface area contributed by atoms with Crippen LogP contribution in [0.15, 0.2) is 188 Å². The Morgan fingerprint density at radius 3 is 1.58 bits per heavy atom. The predicted octanol–water partition coefficient (Wildman–Crippen LogP) is 13.0. The van der Waals surface area contributed by atoms with Gasteiger partial charge in [0.1, 0.15) is 0 Å². The van der Waals surface area contributed by atoms with Gasteiger partial charge in [0.25, 0.3) is 0 Å². The molecular weight excluding hydrogens is 723 g/mol. The zero-order valence-corrected chi connectivity index (χ0v) is 32.6. The van der Waals surface area contributed by atoms with Crippen LogP contribution in [0.4, 0.5) is 17.3 Å². The highest BCUT2D eigenvalue weighted by atomic mass is 15.4. The van der Waals surface area contributed by atoms with Crippen LogP contribution in [-0.2, 0) is 0 Å². The van der Waals surface area contributed by atoms with Gasteiger partial charge in [0.15, 0.2) is 0 Å². The van der Waals surface area contributed by atoms with E-state index in [2.05, 4.69) is 191 Å². The minimum absolute atomic E-state index is 0.173. The molecule has 3 aromatic heterocycles. The van der Waals surface area contributed by atoms with E-state index >= 15 is 0 Å². The number of rotatable bonds is 6. The van der Waals surface area contributed by atoms with Gasteiger partial charge in [-0.3, -0.25) is 9.98 Å². The van der Waals surface area contributed by atoms with Crippen molar-refractivity contribution in [1.29, 1.82) is 5.41 Å². The molecule has 8 aromatic carbocycles. The Labute approximate surface area is 341 Å². The maximum atomic E-state index is 9.94. The van der Waals surface area contributed by atoms with Crippen molar-refractivity contribution in [3.05, 3.63) is 199 Å². The largest absolute Gasteiger partial charge is 0.325 e. The van der Waals surface area contributed by atoms with Crippen LogP contribution >= 0.6 is 0 Å². The molecule has 11 aromatic rings. The predicted molar refractivity (Wildman–Crippen MR) is 246 cm³/mol. The van der Waals surface area contributed by atoms with Crippen molar-refractivity contribution >= 4 is 77.9 Å². The van der Waals surface area contributed by atoms with E-state index in [4.69, 9.17) is 4.98 Å². The molecule has 0 aliphatic rings. The van der Waals surface area contributed by atoms with Crippen molar-refractivity contribution in [2.75, 3.05) is 10.2 Å². The van der Waals surface area contributed by atoms with Crippen LogP contribution in [-0.4, -0.2) is 24.6 Å². The minimum Gasteiger partial charge on any atom is -0.325 e. The Hall–Kier alpha value is -7.90. The molecule has 0 unspecified atom stereocenters. The Morgan fingerprint density at radius 2 is 0.983 bits per heavy atom. The van der Waals surface area contributed by atoms with Gasteiger partial charge in [-0.1, -0.05) is 115 Å². The molecule has 282 valence electrons. The second kappa shape index (κ2) is 13.6. The van der Waals surface area contributed by atoms with Gasteiger partial charge < -0.3 is 14.5 Å². The summed E-state index contributed by atoms with van der Waals surface area (Å²) in [5, 5.41) is 18.2. The second-order valence-corrected chi connectivity index (χ2v) is 15.1. The first kappa shape index (κ1) is 34.4. The molecule has 2 N–H and O–H groups in total. The molecule has 11 rings (SSSR count). The number of fused-ring (bicyclic) bond motifs is 7. The molecule has 59 heavy (non-hydrogen) atoms. The Morgan fingerprint density at radius 1 is 0.475 bits per heavy atom. The lowest BCUT2D eigenvalue weighted by atomic mass is 10.1. The number of aromatic nitrogens is 4. The van der Waals surface area contributed by atoms with Gasteiger partial charge in [-0.2, -0.15) is 0 Å². The normalized spacial score (nSPS) is 11.6. The van der Waals surface area contributed by atoms with Crippen LogP contribution in [0.25, 0.3) is 71.7 Å². The third-order valence-corrected chi connectivity index (χ3v) is 11.6. The summed E-state index contributed by atoms with van der Waals surface area (Å²) in [4.78, 5) is 7.31. The third-order valence-electron chi connectivity index (χ3n) is 11.6. The van der Waals surface area contributed by atoms with Crippen LogP contribution in [0.3, 0.4) is 0 Å². The molecule has 0 aliphatic carbocycles. The van der Waals surface area contributed by atoms with E-state index in [0.29, 0.717) is 5.95 Å². The Balaban J connectivity index is 1.15. The second-order valence-electron chi connectivity index (χ2n) is 15.1. The molecule has 0 amide bonds. The maximum Gasteiger partial charge on any atom is 0.222 e. The van der Waals surface area contributed by atoms with Crippen LogP contribution < -0.4 is 10.2 Å². The topological polar surface area (TPSA) is 66.8 Å². The smallest absolute Gasteiger partial charge is 0.222 e. The van der Waals surface area contributed by atoms with Crippen LogP contribution in [0, 0.1) is 19.3 Å².